The second-order valence-electron chi connectivity index (χ2n) is 6.34. The van der Waals surface area contributed by atoms with Crippen LogP contribution < -0.4 is 10.6 Å². The summed E-state index contributed by atoms with van der Waals surface area (Å²) in [7, 11) is 0. The molecule has 2 rings (SSSR count). The summed E-state index contributed by atoms with van der Waals surface area (Å²) in [6.45, 7) is 6.00. The third-order valence-corrected chi connectivity index (χ3v) is 3.85. The monoisotopic (exact) mass is 325 g/mol. The Morgan fingerprint density at radius 1 is 1.00 bits per heavy atom. The van der Waals surface area contributed by atoms with Crippen molar-refractivity contribution >= 4 is 11.8 Å². The highest BCUT2D eigenvalue weighted by atomic mass is 16.2. The first-order chi connectivity index (χ1) is 11.4. The van der Waals surface area contributed by atoms with Crippen LogP contribution >= 0.6 is 0 Å². The third-order valence-electron chi connectivity index (χ3n) is 3.85. The lowest BCUT2D eigenvalue weighted by molar-refractivity contribution is -0.141. The van der Waals surface area contributed by atoms with E-state index in [4.69, 9.17) is 0 Å². The predicted molar refractivity (Wildman–Crippen MR) is 92.9 cm³/mol. The molecular weight excluding hydrogens is 302 g/mol. The van der Waals surface area contributed by atoms with E-state index < -0.39 is 5.41 Å². The Hall–Kier alpha value is -2.69. The predicted octanol–water partition coefficient (Wildman–Crippen LogP) is 2.35. The number of nitrogens with zero attached hydrogens (tertiary/aromatic N) is 1. The van der Waals surface area contributed by atoms with Crippen molar-refractivity contribution in [1.82, 2.24) is 15.6 Å². The summed E-state index contributed by atoms with van der Waals surface area (Å²) < 4.78 is 0. The molecule has 0 bridgehead atoms. The minimum absolute atomic E-state index is 0.298. The second-order valence-corrected chi connectivity index (χ2v) is 6.34. The molecule has 1 aromatic heterocycles. The molecule has 0 aliphatic heterocycles. The lowest BCUT2D eigenvalue weighted by Crippen LogP contribution is -2.47. The minimum atomic E-state index is -1.15. The van der Waals surface area contributed by atoms with Crippen LogP contribution in [-0.2, 0) is 22.7 Å². The summed E-state index contributed by atoms with van der Waals surface area (Å²) in [6.07, 6.45) is 3.36. The van der Waals surface area contributed by atoms with Gasteiger partial charge in [-0.3, -0.25) is 14.6 Å². The van der Waals surface area contributed by atoms with Crippen molar-refractivity contribution in [2.45, 2.75) is 33.9 Å². The number of nitrogens with one attached hydrogen (secondary N) is 2. The third kappa shape index (κ3) is 4.65. The van der Waals surface area contributed by atoms with Gasteiger partial charge in [-0.25, -0.2) is 0 Å². The average Bonchev–Trinajstić information content (AvgIpc) is 2.58. The van der Waals surface area contributed by atoms with Gasteiger partial charge in [0.15, 0.2) is 0 Å². The fraction of sp³-hybridized carbons (Fsp3) is 0.316. The normalized spacial score (nSPS) is 11.0. The maximum atomic E-state index is 12.4. The molecule has 1 heterocycles. The number of carbonyl (C=O) groups excluding carboxylic acids is 2. The van der Waals surface area contributed by atoms with Gasteiger partial charge in [-0.2, -0.15) is 0 Å². The van der Waals surface area contributed by atoms with Crippen molar-refractivity contribution in [1.29, 1.82) is 0 Å². The summed E-state index contributed by atoms with van der Waals surface area (Å²) in [5.74, 6) is -0.610. The Labute approximate surface area is 142 Å². The van der Waals surface area contributed by atoms with E-state index in [1.54, 1.807) is 32.3 Å². The molecule has 24 heavy (non-hydrogen) atoms. The van der Waals surface area contributed by atoms with Gasteiger partial charge in [-0.1, -0.05) is 35.9 Å². The summed E-state index contributed by atoms with van der Waals surface area (Å²) in [4.78, 5) is 28.7. The zero-order valence-corrected chi connectivity index (χ0v) is 14.3. The number of hydrogen-bond donors (Lipinski definition) is 2. The van der Waals surface area contributed by atoms with Crippen molar-refractivity contribution in [3.63, 3.8) is 0 Å². The molecular formula is C19H23N3O2. The Morgan fingerprint density at radius 3 is 2.21 bits per heavy atom. The van der Waals surface area contributed by atoms with Gasteiger partial charge in [0.2, 0.25) is 11.8 Å². The molecule has 0 aliphatic rings. The molecule has 2 amide bonds. The quantitative estimate of drug-likeness (QED) is 0.801. The van der Waals surface area contributed by atoms with Gasteiger partial charge in [0.25, 0.3) is 0 Å². The SMILES string of the molecule is Cc1cccc(CNC(=O)C(C)(C)C(=O)NCc2cccnc2)c1. The number of amides is 2. The molecule has 5 heteroatoms. The van der Waals surface area contributed by atoms with Gasteiger partial charge >= 0.3 is 0 Å². The Balaban J connectivity index is 1.90. The first kappa shape index (κ1) is 17.7. The number of aryl methyl sites for hydroxylation is 1. The van der Waals surface area contributed by atoms with Crippen LogP contribution in [-0.4, -0.2) is 16.8 Å². The lowest BCUT2D eigenvalue weighted by atomic mass is 9.91. The van der Waals surface area contributed by atoms with Gasteiger partial charge in [0.05, 0.1) is 0 Å². The fourth-order valence-electron chi connectivity index (χ4n) is 2.23. The number of rotatable bonds is 6. The highest BCUT2D eigenvalue weighted by Crippen LogP contribution is 2.16. The molecule has 2 N–H and O–H groups in total. The summed E-state index contributed by atoms with van der Waals surface area (Å²) in [6, 6.07) is 11.6. The summed E-state index contributed by atoms with van der Waals surface area (Å²) in [5.41, 5.74) is 1.89. The number of carbonyl (C=O) groups is 2. The zero-order chi connectivity index (χ0) is 17.6. The molecule has 2 aromatic rings. The average molecular weight is 325 g/mol. The van der Waals surface area contributed by atoms with Crippen LogP contribution in [0.15, 0.2) is 48.8 Å². The van der Waals surface area contributed by atoms with E-state index in [0.717, 1.165) is 16.7 Å². The molecule has 0 atom stereocenters. The van der Waals surface area contributed by atoms with Crippen molar-refractivity contribution in [3.8, 4) is 0 Å². The van der Waals surface area contributed by atoms with Crippen LogP contribution in [0.3, 0.4) is 0 Å². The van der Waals surface area contributed by atoms with Gasteiger partial charge in [-0.15, -0.1) is 0 Å². The minimum Gasteiger partial charge on any atom is -0.351 e. The Morgan fingerprint density at radius 2 is 1.62 bits per heavy atom. The van der Waals surface area contributed by atoms with Crippen molar-refractivity contribution < 1.29 is 9.59 Å². The molecule has 0 spiro atoms. The Kier molecular flexibility index (Phi) is 5.68. The van der Waals surface area contributed by atoms with E-state index in [0.29, 0.717) is 13.1 Å². The first-order valence-corrected chi connectivity index (χ1v) is 7.90. The number of hydrogen-bond acceptors (Lipinski definition) is 3. The van der Waals surface area contributed by atoms with E-state index in [2.05, 4.69) is 15.6 Å². The van der Waals surface area contributed by atoms with Crippen LogP contribution in [0.25, 0.3) is 0 Å². The molecule has 0 saturated carbocycles. The summed E-state index contributed by atoms with van der Waals surface area (Å²) in [5, 5.41) is 5.62. The van der Waals surface area contributed by atoms with Crippen LogP contribution in [0, 0.1) is 12.3 Å². The van der Waals surface area contributed by atoms with E-state index in [-0.39, 0.29) is 11.8 Å². The van der Waals surface area contributed by atoms with E-state index in [1.165, 1.54) is 0 Å². The fourth-order valence-corrected chi connectivity index (χ4v) is 2.23. The molecule has 126 valence electrons. The van der Waals surface area contributed by atoms with Crippen LogP contribution in [0.5, 0.6) is 0 Å². The second kappa shape index (κ2) is 7.73. The maximum absolute atomic E-state index is 12.4. The van der Waals surface area contributed by atoms with Gasteiger partial charge in [0, 0.05) is 25.5 Å². The van der Waals surface area contributed by atoms with Crippen LogP contribution in [0.4, 0.5) is 0 Å². The van der Waals surface area contributed by atoms with Gasteiger partial charge < -0.3 is 10.6 Å². The van der Waals surface area contributed by atoms with Crippen molar-refractivity contribution in [2.75, 3.05) is 0 Å². The lowest BCUT2D eigenvalue weighted by Gasteiger charge is -2.22. The number of benzene rings is 1. The standard InChI is InChI=1S/C19H23N3O2/c1-14-6-4-7-15(10-14)12-21-17(23)19(2,3)18(24)22-13-16-8-5-9-20-11-16/h4-11H,12-13H2,1-3H3,(H,21,23)(H,22,24). The van der Waals surface area contributed by atoms with Gasteiger partial charge in [-0.05, 0) is 38.0 Å². The molecule has 0 radical (unpaired) electrons. The molecule has 1 aromatic carbocycles. The van der Waals surface area contributed by atoms with Gasteiger partial charge in [0.1, 0.15) is 5.41 Å². The molecule has 0 saturated heterocycles. The van der Waals surface area contributed by atoms with Crippen molar-refractivity contribution in [2.24, 2.45) is 5.41 Å². The molecule has 0 fully saturated rings. The first-order valence-electron chi connectivity index (χ1n) is 7.90. The van der Waals surface area contributed by atoms with Crippen molar-refractivity contribution in [3.05, 3.63) is 65.5 Å². The highest BCUT2D eigenvalue weighted by Gasteiger charge is 2.35. The largest absolute Gasteiger partial charge is 0.351 e. The topological polar surface area (TPSA) is 71.1 Å². The van der Waals surface area contributed by atoms with Crippen LogP contribution in [0.1, 0.15) is 30.5 Å². The smallest absolute Gasteiger partial charge is 0.235 e. The highest BCUT2D eigenvalue weighted by molar-refractivity contribution is 6.04. The van der Waals surface area contributed by atoms with E-state index >= 15 is 0 Å². The van der Waals surface area contributed by atoms with Crippen LogP contribution in [0.2, 0.25) is 0 Å². The Bertz CT molecular complexity index is 712. The zero-order valence-electron chi connectivity index (χ0n) is 14.3. The molecule has 0 aliphatic carbocycles. The maximum Gasteiger partial charge on any atom is 0.235 e. The summed E-state index contributed by atoms with van der Waals surface area (Å²) >= 11 is 0. The number of aromatic nitrogens is 1. The molecule has 5 nitrogen and oxygen atoms in total. The molecule has 0 unspecified atom stereocenters. The van der Waals surface area contributed by atoms with E-state index in [1.807, 2.05) is 37.3 Å². The van der Waals surface area contributed by atoms with E-state index in [9.17, 15) is 9.59 Å². The number of pyridine rings is 1.